The Balaban J connectivity index is 3.71. The van der Waals surface area contributed by atoms with Crippen molar-refractivity contribution in [1.82, 2.24) is 0 Å². The lowest BCUT2D eigenvalue weighted by atomic mass is 10.0. The van der Waals surface area contributed by atoms with Gasteiger partial charge in [-0.1, -0.05) is 61.6 Å². The largest absolute Gasteiger partial charge is 0.0922 e. The molecule has 0 saturated carbocycles. The monoisotopic (exact) mass is 306 g/mol. The minimum Gasteiger partial charge on any atom is -0.0922 e. The lowest BCUT2D eigenvalue weighted by Crippen LogP contribution is -2.20. The zero-order chi connectivity index (χ0) is 6.78. The number of rotatable bonds is 2. The van der Waals surface area contributed by atoms with E-state index < -0.39 is 0 Å². The van der Waals surface area contributed by atoms with Crippen LogP contribution >= 0.6 is 47.8 Å². The van der Waals surface area contributed by atoms with Gasteiger partial charge in [-0.3, -0.25) is 0 Å². The van der Waals surface area contributed by atoms with Crippen molar-refractivity contribution in [3.8, 4) is 0 Å². The van der Waals surface area contributed by atoms with E-state index in [4.69, 9.17) is 0 Å². The highest BCUT2D eigenvalue weighted by Crippen LogP contribution is 2.32. The molecule has 0 aliphatic rings. The molecule has 0 saturated heterocycles. The van der Waals surface area contributed by atoms with E-state index in [9.17, 15) is 0 Å². The third-order valence-electron chi connectivity index (χ3n) is 0.935. The van der Waals surface area contributed by atoms with Crippen LogP contribution in [0.25, 0.3) is 0 Å². The molecule has 0 rings (SSSR count). The third-order valence-corrected chi connectivity index (χ3v) is 4.86. The Morgan fingerprint density at radius 3 is 1.75 bits per heavy atom. The molecule has 0 bridgehead atoms. The molecule has 8 heavy (non-hydrogen) atoms. The van der Waals surface area contributed by atoms with Crippen LogP contribution in [0.15, 0.2) is 0 Å². The summed E-state index contributed by atoms with van der Waals surface area (Å²) in [6.07, 6.45) is 0. The second-order valence-electron chi connectivity index (χ2n) is 2.42. The molecule has 0 amide bonds. The molecule has 0 radical (unpaired) electrons. The molecule has 0 unspecified atom stereocenters. The fourth-order valence-electron chi connectivity index (χ4n) is 0.0583. The van der Waals surface area contributed by atoms with Crippen LogP contribution in [0.3, 0.4) is 0 Å². The van der Waals surface area contributed by atoms with Gasteiger partial charge in [-0.15, -0.1) is 0 Å². The molecule has 0 fully saturated rings. The van der Waals surface area contributed by atoms with Crippen LogP contribution in [-0.4, -0.2) is 9.07 Å². The van der Waals surface area contributed by atoms with E-state index in [0.29, 0.717) is 9.15 Å². The van der Waals surface area contributed by atoms with Gasteiger partial charge in [0.1, 0.15) is 0 Å². The Morgan fingerprint density at radius 1 is 1.38 bits per heavy atom. The van der Waals surface area contributed by atoms with E-state index >= 15 is 0 Å². The standard InChI is InChI=1S/C5H9Br3/c1-5(2,3-6)4(7)8/h4H,3H2,1-2H3. The molecule has 0 nitrogen and oxygen atoms in total. The van der Waals surface area contributed by atoms with Crippen LogP contribution in [-0.2, 0) is 0 Å². The summed E-state index contributed by atoms with van der Waals surface area (Å²) in [7, 11) is 0. The molecular weight excluding hydrogens is 300 g/mol. The molecule has 0 aliphatic carbocycles. The van der Waals surface area contributed by atoms with Gasteiger partial charge in [-0.2, -0.15) is 0 Å². The zero-order valence-corrected chi connectivity index (χ0v) is 9.68. The van der Waals surface area contributed by atoms with E-state index in [2.05, 4.69) is 61.6 Å². The Hall–Kier alpha value is 1.44. The van der Waals surface area contributed by atoms with Crippen molar-refractivity contribution in [2.75, 3.05) is 5.33 Å². The third kappa shape index (κ3) is 2.83. The van der Waals surface area contributed by atoms with E-state index in [1.165, 1.54) is 0 Å². The average Bonchev–Trinajstić information content (AvgIpc) is 1.67. The van der Waals surface area contributed by atoms with Crippen molar-refractivity contribution < 1.29 is 0 Å². The maximum atomic E-state index is 3.44. The van der Waals surface area contributed by atoms with Crippen LogP contribution in [0, 0.1) is 5.41 Å². The fourth-order valence-corrected chi connectivity index (χ4v) is 1.57. The summed E-state index contributed by atoms with van der Waals surface area (Å²) in [5.41, 5.74) is 0.292. The minimum atomic E-state index is 0.292. The summed E-state index contributed by atoms with van der Waals surface area (Å²) in [6.45, 7) is 4.35. The molecule has 50 valence electrons. The van der Waals surface area contributed by atoms with Gasteiger partial charge in [0.2, 0.25) is 0 Å². The van der Waals surface area contributed by atoms with Crippen LogP contribution in [0.1, 0.15) is 13.8 Å². The van der Waals surface area contributed by atoms with Crippen LogP contribution in [0.5, 0.6) is 0 Å². The molecule has 0 aromatic rings. The first kappa shape index (κ1) is 9.44. The van der Waals surface area contributed by atoms with Gasteiger partial charge in [0, 0.05) is 5.33 Å². The summed E-state index contributed by atoms with van der Waals surface area (Å²) < 4.78 is 0.391. The number of halogens is 3. The van der Waals surface area contributed by atoms with Crippen LogP contribution < -0.4 is 0 Å². The summed E-state index contributed by atoms with van der Waals surface area (Å²) in [6, 6.07) is 0. The Labute approximate surface area is 75.8 Å². The molecule has 0 aliphatic heterocycles. The molecule has 0 aromatic heterocycles. The quantitative estimate of drug-likeness (QED) is 0.685. The van der Waals surface area contributed by atoms with Gasteiger partial charge in [-0.05, 0) is 5.41 Å². The zero-order valence-electron chi connectivity index (χ0n) is 4.92. The second-order valence-corrected chi connectivity index (χ2v) is 6.04. The van der Waals surface area contributed by atoms with Gasteiger partial charge < -0.3 is 0 Å². The number of hydrogen-bond acceptors (Lipinski definition) is 0. The van der Waals surface area contributed by atoms with Gasteiger partial charge in [-0.25, -0.2) is 0 Å². The highest BCUT2D eigenvalue weighted by Gasteiger charge is 2.22. The summed E-state index contributed by atoms with van der Waals surface area (Å²) in [4.78, 5) is 0. The molecule has 0 heterocycles. The second kappa shape index (κ2) is 3.57. The average molecular weight is 309 g/mol. The molecule has 0 atom stereocenters. The summed E-state index contributed by atoms with van der Waals surface area (Å²) in [5, 5.41) is 1.00. The smallest absolute Gasteiger partial charge is 0.0756 e. The van der Waals surface area contributed by atoms with Crippen molar-refractivity contribution >= 4 is 47.8 Å². The van der Waals surface area contributed by atoms with Crippen molar-refractivity contribution in [3.63, 3.8) is 0 Å². The van der Waals surface area contributed by atoms with Gasteiger partial charge in [0.05, 0.1) is 3.74 Å². The first-order chi connectivity index (χ1) is 3.50. The first-order valence-electron chi connectivity index (χ1n) is 2.35. The van der Waals surface area contributed by atoms with Gasteiger partial charge in [0.25, 0.3) is 0 Å². The van der Waals surface area contributed by atoms with E-state index in [1.54, 1.807) is 0 Å². The van der Waals surface area contributed by atoms with Crippen LogP contribution in [0.2, 0.25) is 0 Å². The molecular formula is C5H9Br3. The predicted octanol–water partition coefficient (Wildman–Crippen LogP) is 3.52. The van der Waals surface area contributed by atoms with Crippen LogP contribution in [0.4, 0.5) is 0 Å². The van der Waals surface area contributed by atoms with Crippen molar-refractivity contribution in [2.45, 2.75) is 17.6 Å². The lowest BCUT2D eigenvalue weighted by Gasteiger charge is -2.22. The fraction of sp³-hybridized carbons (Fsp3) is 1.00. The van der Waals surface area contributed by atoms with Gasteiger partial charge >= 0.3 is 0 Å². The predicted molar refractivity (Wildman–Crippen MR) is 49.2 cm³/mol. The van der Waals surface area contributed by atoms with Crippen molar-refractivity contribution in [1.29, 1.82) is 0 Å². The van der Waals surface area contributed by atoms with Crippen molar-refractivity contribution in [3.05, 3.63) is 0 Å². The van der Waals surface area contributed by atoms with E-state index in [-0.39, 0.29) is 0 Å². The first-order valence-corrected chi connectivity index (χ1v) is 5.30. The Kier molecular flexibility index (Phi) is 4.21. The van der Waals surface area contributed by atoms with Gasteiger partial charge in [0.15, 0.2) is 0 Å². The Bertz CT molecular complexity index is 68.1. The van der Waals surface area contributed by atoms with Crippen molar-refractivity contribution in [2.24, 2.45) is 5.41 Å². The normalized spacial score (nSPS) is 12.8. The Morgan fingerprint density at radius 2 is 1.75 bits per heavy atom. The minimum absolute atomic E-state index is 0.292. The van der Waals surface area contributed by atoms with E-state index in [1.807, 2.05) is 0 Å². The summed E-state index contributed by atoms with van der Waals surface area (Å²) in [5.74, 6) is 0. The number of alkyl halides is 3. The molecule has 3 heteroatoms. The molecule has 0 aromatic carbocycles. The lowest BCUT2D eigenvalue weighted by molar-refractivity contribution is 0.483. The molecule has 0 spiro atoms. The topological polar surface area (TPSA) is 0 Å². The number of hydrogen-bond donors (Lipinski definition) is 0. The SMILES string of the molecule is CC(C)(CBr)C(Br)Br. The summed E-state index contributed by atoms with van der Waals surface area (Å²) >= 11 is 10.3. The molecule has 0 N–H and O–H groups in total. The van der Waals surface area contributed by atoms with E-state index in [0.717, 1.165) is 5.33 Å². The highest BCUT2D eigenvalue weighted by molar-refractivity contribution is 9.24. The maximum absolute atomic E-state index is 3.44. The maximum Gasteiger partial charge on any atom is 0.0756 e. The highest BCUT2D eigenvalue weighted by atomic mass is 79.9.